The molecule has 2 aromatic heterocycles. The van der Waals surface area contributed by atoms with Crippen molar-refractivity contribution in [1.29, 1.82) is 0 Å². The van der Waals surface area contributed by atoms with Crippen molar-refractivity contribution in [3.8, 4) is 5.75 Å². The quantitative estimate of drug-likeness (QED) is 0.361. The lowest BCUT2D eigenvalue weighted by atomic mass is 9.82. The molecule has 0 aliphatic carbocycles. The minimum atomic E-state index is -0.316. The molecule has 0 aliphatic rings. The summed E-state index contributed by atoms with van der Waals surface area (Å²) in [6.45, 7) is 14.8. The number of rotatable bonds is 6. The first-order valence-corrected chi connectivity index (χ1v) is 13.1. The largest absolute Gasteiger partial charge is 0.505 e. The average Bonchev–Trinajstić information content (AvgIpc) is 3.35. The maximum atomic E-state index is 13.0. The van der Waals surface area contributed by atoms with Crippen LogP contribution < -0.4 is 10.2 Å². The molecular formula is C26H37N5O2S2. The van der Waals surface area contributed by atoms with Crippen molar-refractivity contribution in [3.05, 3.63) is 45.1 Å². The molecule has 0 saturated heterocycles. The van der Waals surface area contributed by atoms with Crippen LogP contribution in [-0.2, 0) is 5.41 Å². The number of anilines is 3. The van der Waals surface area contributed by atoms with Gasteiger partial charge in [-0.2, -0.15) is 8.75 Å². The Balaban J connectivity index is 2.04. The fourth-order valence-corrected chi connectivity index (χ4v) is 6.11. The van der Waals surface area contributed by atoms with E-state index in [1.54, 1.807) is 31.5 Å². The number of phenols is 1. The molecule has 3 rings (SSSR count). The molecule has 0 aliphatic heterocycles. The molecule has 2 heterocycles. The zero-order valence-corrected chi connectivity index (χ0v) is 24.0. The Labute approximate surface area is 217 Å². The Hall–Kier alpha value is -2.65. The molecule has 0 spiro atoms. The summed E-state index contributed by atoms with van der Waals surface area (Å²) in [5.74, 6) is 0.910. The number of amides is 1. The van der Waals surface area contributed by atoms with Crippen molar-refractivity contribution in [2.24, 2.45) is 5.41 Å². The number of hydrogen-bond donors (Lipinski definition) is 2. The highest BCUT2D eigenvalue weighted by Gasteiger charge is 2.34. The molecule has 1 aromatic carbocycles. The second-order valence-corrected chi connectivity index (χ2v) is 13.1. The molecule has 190 valence electrons. The van der Waals surface area contributed by atoms with Gasteiger partial charge in [0.25, 0.3) is 5.91 Å². The first-order valence-electron chi connectivity index (χ1n) is 11.6. The van der Waals surface area contributed by atoms with E-state index in [0.717, 1.165) is 17.3 Å². The predicted octanol–water partition coefficient (Wildman–Crippen LogP) is 6.58. The van der Waals surface area contributed by atoms with Gasteiger partial charge in [0.2, 0.25) is 0 Å². The van der Waals surface area contributed by atoms with Gasteiger partial charge in [-0.05, 0) is 41.5 Å². The Morgan fingerprint density at radius 2 is 1.69 bits per heavy atom. The fraction of sp³-hybridized carbons (Fsp3) is 0.500. The third-order valence-electron chi connectivity index (χ3n) is 5.90. The zero-order chi connectivity index (χ0) is 26.3. The van der Waals surface area contributed by atoms with Crippen molar-refractivity contribution in [2.75, 3.05) is 31.4 Å². The Morgan fingerprint density at radius 1 is 1.03 bits per heavy atom. The van der Waals surface area contributed by atoms with E-state index in [0.29, 0.717) is 22.9 Å². The molecule has 3 aromatic rings. The average molecular weight is 516 g/mol. The van der Waals surface area contributed by atoms with Gasteiger partial charge in [-0.3, -0.25) is 4.79 Å². The van der Waals surface area contributed by atoms with E-state index in [9.17, 15) is 9.90 Å². The number of benzene rings is 1. The van der Waals surface area contributed by atoms with E-state index in [2.05, 4.69) is 58.8 Å². The van der Waals surface area contributed by atoms with E-state index >= 15 is 0 Å². The lowest BCUT2D eigenvalue weighted by Crippen LogP contribution is -2.34. The smallest absolute Gasteiger partial charge is 0.257 e. The maximum absolute atomic E-state index is 13.0. The summed E-state index contributed by atoms with van der Waals surface area (Å²) in [4.78, 5) is 19.2. The van der Waals surface area contributed by atoms with Gasteiger partial charge in [0.05, 0.1) is 29.0 Å². The minimum Gasteiger partial charge on any atom is -0.505 e. The van der Waals surface area contributed by atoms with Crippen LogP contribution in [0.25, 0.3) is 0 Å². The third kappa shape index (κ3) is 5.62. The number of nitrogens with zero attached hydrogens (tertiary/aromatic N) is 4. The molecule has 0 bridgehead atoms. The summed E-state index contributed by atoms with van der Waals surface area (Å²) in [5.41, 5.74) is 1.13. The van der Waals surface area contributed by atoms with Gasteiger partial charge in [-0.25, -0.2) is 0 Å². The van der Waals surface area contributed by atoms with E-state index in [4.69, 9.17) is 0 Å². The van der Waals surface area contributed by atoms with Crippen molar-refractivity contribution in [3.63, 3.8) is 0 Å². The van der Waals surface area contributed by atoms with Crippen LogP contribution in [0.4, 0.5) is 17.3 Å². The second kappa shape index (κ2) is 9.78. The topological polar surface area (TPSA) is 81.6 Å². The van der Waals surface area contributed by atoms with Gasteiger partial charge in [0.15, 0.2) is 17.4 Å². The van der Waals surface area contributed by atoms with Gasteiger partial charge in [-0.15, -0.1) is 11.3 Å². The third-order valence-corrected chi connectivity index (χ3v) is 7.47. The SMILES string of the molecule is Cc1ccc([C@H](N(C)c2nsnc2Nc2ccc(C(C)(C)C)c(C(=O)N(C)C)c2O)C(C)(C)C)s1. The van der Waals surface area contributed by atoms with Crippen LogP contribution in [-0.4, -0.2) is 45.8 Å². The van der Waals surface area contributed by atoms with Crippen LogP contribution in [0.15, 0.2) is 24.3 Å². The number of aromatic nitrogens is 2. The van der Waals surface area contributed by atoms with E-state index in [1.807, 2.05) is 33.9 Å². The van der Waals surface area contributed by atoms with Crippen molar-refractivity contribution < 1.29 is 9.90 Å². The Morgan fingerprint density at radius 3 is 2.20 bits per heavy atom. The first-order chi connectivity index (χ1) is 16.1. The highest BCUT2D eigenvalue weighted by Crippen LogP contribution is 2.45. The molecule has 7 nitrogen and oxygen atoms in total. The predicted molar refractivity (Wildman–Crippen MR) is 148 cm³/mol. The zero-order valence-electron chi connectivity index (χ0n) is 22.3. The number of phenolic OH excluding ortho intramolecular Hbond substituents is 1. The number of aromatic hydroxyl groups is 1. The molecule has 35 heavy (non-hydrogen) atoms. The van der Waals surface area contributed by atoms with Crippen molar-refractivity contribution in [2.45, 2.75) is 59.9 Å². The molecule has 0 saturated carbocycles. The minimum absolute atomic E-state index is 0.0608. The summed E-state index contributed by atoms with van der Waals surface area (Å²) in [6, 6.07) is 8.09. The normalized spacial score (nSPS) is 13.0. The highest BCUT2D eigenvalue weighted by molar-refractivity contribution is 7.12. The number of aryl methyl sites for hydroxylation is 1. The van der Waals surface area contributed by atoms with E-state index in [1.165, 1.54) is 14.7 Å². The second-order valence-electron chi connectivity index (χ2n) is 11.2. The number of thiophene rings is 1. The fourth-order valence-electron chi connectivity index (χ4n) is 4.30. The monoisotopic (exact) mass is 515 g/mol. The van der Waals surface area contributed by atoms with Gasteiger partial charge >= 0.3 is 0 Å². The number of hydrogen-bond acceptors (Lipinski definition) is 8. The van der Waals surface area contributed by atoms with Gasteiger partial charge in [-0.1, -0.05) is 47.6 Å². The molecule has 0 fully saturated rings. The van der Waals surface area contributed by atoms with E-state index < -0.39 is 0 Å². The van der Waals surface area contributed by atoms with Crippen LogP contribution in [0.5, 0.6) is 5.75 Å². The lowest BCUT2D eigenvalue weighted by Gasteiger charge is -2.38. The van der Waals surface area contributed by atoms with Crippen LogP contribution in [0.2, 0.25) is 0 Å². The van der Waals surface area contributed by atoms with Crippen LogP contribution in [0.1, 0.15) is 73.3 Å². The maximum Gasteiger partial charge on any atom is 0.257 e. The van der Waals surface area contributed by atoms with Crippen molar-refractivity contribution >= 4 is 46.3 Å². The summed E-state index contributed by atoms with van der Waals surface area (Å²) < 4.78 is 9.09. The first kappa shape index (κ1) is 26.9. The summed E-state index contributed by atoms with van der Waals surface area (Å²) in [7, 11) is 5.39. The summed E-state index contributed by atoms with van der Waals surface area (Å²) in [6.07, 6.45) is 0. The molecular weight excluding hydrogens is 478 g/mol. The van der Waals surface area contributed by atoms with Gasteiger partial charge in [0.1, 0.15) is 0 Å². The van der Waals surface area contributed by atoms with Crippen LogP contribution in [0.3, 0.4) is 0 Å². The van der Waals surface area contributed by atoms with Crippen LogP contribution >= 0.6 is 23.1 Å². The van der Waals surface area contributed by atoms with Crippen LogP contribution in [0, 0.1) is 12.3 Å². The number of carbonyl (C=O) groups is 1. The summed E-state index contributed by atoms with van der Waals surface area (Å²) >= 11 is 2.90. The van der Waals surface area contributed by atoms with Gasteiger partial charge in [0, 0.05) is 30.9 Å². The lowest BCUT2D eigenvalue weighted by molar-refractivity contribution is 0.0822. The highest BCUT2D eigenvalue weighted by atomic mass is 32.1. The van der Waals surface area contributed by atoms with E-state index in [-0.39, 0.29) is 28.5 Å². The Bertz CT molecular complexity index is 1200. The van der Waals surface area contributed by atoms with Crippen molar-refractivity contribution in [1.82, 2.24) is 13.6 Å². The molecule has 2 N–H and O–H groups in total. The molecule has 1 atom stereocenters. The molecule has 9 heteroatoms. The molecule has 0 radical (unpaired) electrons. The number of carbonyl (C=O) groups excluding carboxylic acids is 1. The Kier molecular flexibility index (Phi) is 7.53. The molecule has 1 amide bonds. The summed E-state index contributed by atoms with van der Waals surface area (Å²) in [5, 5.41) is 14.5. The standard InChI is InChI=1S/C26H37N5O2S2/c1-15-11-14-18(34-15)21(26(5,6)7)31(10)23-22(28-35-29-23)27-17-13-12-16(25(2,3)4)19(20(17)32)24(33)30(8)9/h11-14,21,32H,1-10H3,(H,27,28)/t21-/m0/s1. The molecule has 0 unspecified atom stereocenters. The van der Waals surface area contributed by atoms with Gasteiger partial charge < -0.3 is 20.2 Å². The number of nitrogens with one attached hydrogen (secondary N) is 1.